The van der Waals surface area contributed by atoms with Crippen molar-refractivity contribution >= 4 is 39.9 Å². The van der Waals surface area contributed by atoms with Crippen molar-refractivity contribution in [1.82, 2.24) is 5.32 Å². The molecule has 2 unspecified atom stereocenters. The van der Waals surface area contributed by atoms with Gasteiger partial charge in [-0.3, -0.25) is 4.79 Å². The summed E-state index contributed by atoms with van der Waals surface area (Å²) in [5.41, 5.74) is 6.56. The summed E-state index contributed by atoms with van der Waals surface area (Å²) in [7, 11) is 3.27. The highest BCUT2D eigenvalue weighted by Gasteiger charge is 2.39. The molecule has 0 bridgehead atoms. The second-order valence-electron chi connectivity index (χ2n) is 2.20. The first kappa shape index (κ1) is 9.25. The summed E-state index contributed by atoms with van der Waals surface area (Å²) in [6.45, 7) is 0. The van der Waals surface area contributed by atoms with E-state index in [-0.39, 0.29) is 29.6 Å². The Morgan fingerprint density at radius 3 is 3.00 bits per heavy atom. The van der Waals surface area contributed by atoms with Crippen LogP contribution in [0.25, 0.3) is 0 Å². The molecule has 0 aromatic rings. The Balaban J connectivity index is 0.000000605. The van der Waals surface area contributed by atoms with Crippen LogP contribution in [-0.4, -0.2) is 17.2 Å². The second kappa shape index (κ2) is 3.26. The third-order valence-electron chi connectivity index (χ3n) is 1.54. The molecule has 2 atom stereocenters. The van der Waals surface area contributed by atoms with Crippen LogP contribution < -0.4 is 11.1 Å². The van der Waals surface area contributed by atoms with Crippen LogP contribution in [0.3, 0.4) is 0 Å². The molecule has 0 aliphatic carbocycles. The van der Waals surface area contributed by atoms with Gasteiger partial charge in [-0.05, 0) is 0 Å². The van der Waals surface area contributed by atoms with E-state index in [1.807, 2.05) is 5.41 Å². The third-order valence-corrected chi connectivity index (χ3v) is 4.00. The first-order valence-electron chi connectivity index (χ1n) is 2.87. The minimum absolute atomic E-state index is 0. The van der Waals surface area contributed by atoms with Gasteiger partial charge in [0.15, 0.2) is 0 Å². The average Bonchev–Trinajstić information content (AvgIpc) is 2.41. The van der Waals surface area contributed by atoms with Gasteiger partial charge in [0, 0.05) is 11.1 Å². The number of carbonyl (C=O) groups excluding carboxylic acids is 1. The number of hydrogen-bond donors (Lipinski definition) is 2. The number of nitrogens with one attached hydrogen (secondary N) is 1. The smallest absolute Gasteiger partial charge is 0.242 e. The van der Waals surface area contributed by atoms with Gasteiger partial charge in [0.25, 0.3) is 0 Å². The molecule has 1 saturated heterocycles. The molecule has 0 aromatic carbocycles. The van der Waals surface area contributed by atoms with Crippen molar-refractivity contribution < 1.29 is 4.79 Å². The van der Waals surface area contributed by atoms with Crippen molar-refractivity contribution in [2.45, 2.75) is 11.3 Å². The topological polar surface area (TPSA) is 55.1 Å². The SMILES string of the molecule is Cl.NC1C(=O)NC2=CSSC21. The molecule has 2 aliphatic heterocycles. The van der Waals surface area contributed by atoms with Crippen LogP contribution in [0.2, 0.25) is 0 Å². The highest BCUT2D eigenvalue weighted by molar-refractivity contribution is 8.78. The third kappa shape index (κ3) is 1.38. The number of hydrogen-bond acceptors (Lipinski definition) is 4. The monoisotopic (exact) mass is 210 g/mol. The standard InChI is InChI=1S/C5H6N2OS2.ClH/c6-3-4-2(1-9-10-4)7-5(3)8;/h1,3-4H,6H2,(H,7,8);1H. The van der Waals surface area contributed by atoms with Crippen molar-refractivity contribution in [2.75, 3.05) is 0 Å². The molecule has 1 fully saturated rings. The zero-order valence-corrected chi connectivity index (χ0v) is 7.89. The molecule has 2 heterocycles. The Labute approximate surface area is 78.3 Å². The lowest BCUT2D eigenvalue weighted by atomic mass is 10.2. The van der Waals surface area contributed by atoms with Gasteiger partial charge >= 0.3 is 0 Å². The molecule has 0 radical (unpaired) electrons. The molecule has 2 rings (SSSR count). The summed E-state index contributed by atoms with van der Waals surface area (Å²) in [5, 5.41) is 4.84. The Morgan fingerprint density at radius 1 is 1.64 bits per heavy atom. The molecule has 0 aromatic heterocycles. The molecule has 1 amide bonds. The van der Waals surface area contributed by atoms with Gasteiger partial charge in [0.05, 0.1) is 5.25 Å². The van der Waals surface area contributed by atoms with E-state index in [2.05, 4.69) is 5.32 Å². The van der Waals surface area contributed by atoms with Gasteiger partial charge in [-0.2, -0.15) is 0 Å². The molecule has 2 aliphatic rings. The lowest BCUT2D eigenvalue weighted by Crippen LogP contribution is -2.34. The van der Waals surface area contributed by atoms with Gasteiger partial charge in [-0.1, -0.05) is 21.6 Å². The molecule has 62 valence electrons. The zero-order valence-electron chi connectivity index (χ0n) is 5.44. The second-order valence-corrected chi connectivity index (χ2v) is 4.48. The van der Waals surface area contributed by atoms with Gasteiger partial charge in [0.2, 0.25) is 5.91 Å². The van der Waals surface area contributed by atoms with E-state index < -0.39 is 0 Å². The predicted molar refractivity (Wildman–Crippen MR) is 50.4 cm³/mol. The maximum absolute atomic E-state index is 10.9. The van der Waals surface area contributed by atoms with E-state index in [9.17, 15) is 4.79 Å². The number of fused-ring (bicyclic) bond motifs is 1. The molecule has 6 heteroatoms. The maximum atomic E-state index is 10.9. The van der Waals surface area contributed by atoms with Crippen LogP contribution in [-0.2, 0) is 4.79 Å². The van der Waals surface area contributed by atoms with Gasteiger partial charge in [-0.15, -0.1) is 12.4 Å². The average molecular weight is 211 g/mol. The normalized spacial score (nSPS) is 33.9. The van der Waals surface area contributed by atoms with Gasteiger partial charge in [-0.25, -0.2) is 0 Å². The van der Waals surface area contributed by atoms with Crippen LogP contribution in [0.15, 0.2) is 11.1 Å². The number of amides is 1. The first-order chi connectivity index (χ1) is 4.79. The van der Waals surface area contributed by atoms with E-state index in [0.717, 1.165) is 5.70 Å². The molecule has 0 saturated carbocycles. The summed E-state index contributed by atoms with van der Waals surface area (Å²) in [4.78, 5) is 10.9. The minimum atomic E-state index is -0.341. The number of carbonyl (C=O) groups is 1. The molecular weight excluding hydrogens is 204 g/mol. The van der Waals surface area contributed by atoms with E-state index >= 15 is 0 Å². The van der Waals surface area contributed by atoms with Crippen molar-refractivity contribution in [1.29, 1.82) is 0 Å². The van der Waals surface area contributed by atoms with Gasteiger partial charge < -0.3 is 11.1 Å². The lowest BCUT2D eigenvalue weighted by molar-refractivity contribution is -0.119. The van der Waals surface area contributed by atoms with Crippen molar-refractivity contribution in [3.8, 4) is 0 Å². The Kier molecular flexibility index (Phi) is 2.74. The van der Waals surface area contributed by atoms with Crippen LogP contribution in [0.4, 0.5) is 0 Å². The molecule has 0 spiro atoms. The summed E-state index contributed by atoms with van der Waals surface area (Å²) >= 11 is 0. The Hall–Kier alpha value is 0.160. The van der Waals surface area contributed by atoms with E-state index in [1.165, 1.54) is 0 Å². The molecule has 3 nitrogen and oxygen atoms in total. The van der Waals surface area contributed by atoms with Crippen molar-refractivity contribution in [3.05, 3.63) is 11.1 Å². The van der Waals surface area contributed by atoms with Gasteiger partial charge in [0.1, 0.15) is 6.04 Å². The fraction of sp³-hybridized carbons (Fsp3) is 0.400. The summed E-state index contributed by atoms with van der Waals surface area (Å²) in [5.74, 6) is -0.0518. The van der Waals surface area contributed by atoms with E-state index in [1.54, 1.807) is 21.6 Å². The van der Waals surface area contributed by atoms with E-state index in [4.69, 9.17) is 5.73 Å². The summed E-state index contributed by atoms with van der Waals surface area (Å²) in [6.07, 6.45) is 0. The fourth-order valence-corrected chi connectivity index (χ4v) is 3.53. The Bertz CT molecular complexity index is 221. The number of nitrogens with two attached hydrogens (primary N) is 1. The number of halogens is 1. The minimum Gasteiger partial charge on any atom is -0.327 e. The highest BCUT2D eigenvalue weighted by Crippen LogP contribution is 2.42. The van der Waals surface area contributed by atoms with Crippen LogP contribution in [0.5, 0.6) is 0 Å². The lowest BCUT2D eigenvalue weighted by Gasteiger charge is -2.04. The molecule has 11 heavy (non-hydrogen) atoms. The van der Waals surface area contributed by atoms with Crippen LogP contribution in [0.1, 0.15) is 0 Å². The molecular formula is C5H7ClN2OS2. The maximum Gasteiger partial charge on any atom is 0.242 e. The van der Waals surface area contributed by atoms with Crippen molar-refractivity contribution in [2.24, 2.45) is 5.73 Å². The number of rotatable bonds is 0. The Morgan fingerprint density at radius 2 is 2.36 bits per heavy atom. The quantitative estimate of drug-likeness (QED) is 0.571. The zero-order chi connectivity index (χ0) is 7.14. The first-order valence-corrected chi connectivity index (χ1v) is 5.15. The highest BCUT2D eigenvalue weighted by atomic mass is 35.5. The molecule has 3 N–H and O–H groups in total. The fourth-order valence-electron chi connectivity index (χ4n) is 0.975. The van der Waals surface area contributed by atoms with Crippen molar-refractivity contribution in [3.63, 3.8) is 0 Å². The van der Waals surface area contributed by atoms with Crippen LogP contribution in [0, 0.1) is 0 Å². The summed E-state index contributed by atoms with van der Waals surface area (Å²) < 4.78 is 0. The predicted octanol–water partition coefficient (Wildman–Crippen LogP) is 0.470. The van der Waals surface area contributed by atoms with Crippen LogP contribution >= 0.6 is 34.0 Å². The summed E-state index contributed by atoms with van der Waals surface area (Å²) in [6, 6.07) is -0.341. The van der Waals surface area contributed by atoms with E-state index in [0.29, 0.717) is 0 Å². The largest absolute Gasteiger partial charge is 0.327 e.